The van der Waals surface area contributed by atoms with Gasteiger partial charge in [-0.1, -0.05) is 71.9 Å². The molecule has 1 aliphatic rings. The van der Waals surface area contributed by atoms with Crippen molar-refractivity contribution in [2.24, 2.45) is 0 Å². The smallest absolute Gasteiger partial charge is 0.412 e. The standard InChI is InChI=1S/C32H29N3O5/c1-18-17-25-24(13-14-26(28(25)33-18)32(15-16-32)30(36)37)22-9-11-23(12-10-22)29-27(19(2)35-40-29)34-31(38)39-20(3)21-7-5-4-6-8-21/h4-14,17,20,33H,15-16H2,1-3H3,(H,34,38)(H,36,37). The Morgan fingerprint density at radius 3 is 2.40 bits per heavy atom. The molecule has 1 amide bonds. The van der Waals surface area contributed by atoms with Gasteiger partial charge in [-0.25, -0.2) is 4.79 Å². The molecule has 8 nitrogen and oxygen atoms in total. The molecule has 2 aromatic heterocycles. The van der Waals surface area contributed by atoms with E-state index >= 15 is 0 Å². The lowest BCUT2D eigenvalue weighted by atomic mass is 9.90. The van der Waals surface area contributed by atoms with Gasteiger partial charge < -0.3 is 19.4 Å². The summed E-state index contributed by atoms with van der Waals surface area (Å²) in [5.41, 5.74) is 6.49. The molecule has 40 heavy (non-hydrogen) atoms. The summed E-state index contributed by atoms with van der Waals surface area (Å²) in [6.07, 6.45) is 0.278. The van der Waals surface area contributed by atoms with Crippen LogP contribution in [0.2, 0.25) is 0 Å². The second-order valence-corrected chi connectivity index (χ2v) is 10.4. The van der Waals surface area contributed by atoms with Gasteiger partial charge in [-0.3, -0.25) is 10.1 Å². The van der Waals surface area contributed by atoms with Gasteiger partial charge >= 0.3 is 12.1 Å². The van der Waals surface area contributed by atoms with E-state index in [4.69, 9.17) is 9.26 Å². The molecular formula is C32H29N3O5. The van der Waals surface area contributed by atoms with Crippen LogP contribution in [0.1, 0.15) is 48.4 Å². The zero-order valence-corrected chi connectivity index (χ0v) is 22.4. The lowest BCUT2D eigenvalue weighted by molar-refractivity contribution is -0.140. The Morgan fingerprint density at radius 1 is 1.02 bits per heavy atom. The van der Waals surface area contributed by atoms with E-state index in [1.807, 2.05) is 80.6 Å². The first-order chi connectivity index (χ1) is 19.3. The van der Waals surface area contributed by atoms with Crippen LogP contribution in [0.4, 0.5) is 10.5 Å². The highest BCUT2D eigenvalue weighted by Gasteiger charge is 2.52. The Bertz CT molecular complexity index is 1730. The van der Waals surface area contributed by atoms with Gasteiger partial charge in [-0.05, 0) is 61.9 Å². The summed E-state index contributed by atoms with van der Waals surface area (Å²) in [6, 6.07) is 23.3. The van der Waals surface area contributed by atoms with E-state index in [0.717, 1.165) is 44.4 Å². The summed E-state index contributed by atoms with van der Waals surface area (Å²) in [5.74, 6) is -0.341. The molecule has 6 rings (SSSR count). The maximum Gasteiger partial charge on any atom is 0.412 e. The molecule has 1 aliphatic carbocycles. The summed E-state index contributed by atoms with van der Waals surface area (Å²) in [6.45, 7) is 5.55. The van der Waals surface area contributed by atoms with Gasteiger partial charge in [0.05, 0.1) is 10.9 Å². The molecule has 2 heterocycles. The molecule has 3 aromatic carbocycles. The van der Waals surface area contributed by atoms with Gasteiger partial charge in [0.1, 0.15) is 17.5 Å². The minimum atomic E-state index is -0.800. The van der Waals surface area contributed by atoms with Crippen LogP contribution in [0.15, 0.2) is 77.3 Å². The van der Waals surface area contributed by atoms with Gasteiger partial charge in [0, 0.05) is 16.6 Å². The summed E-state index contributed by atoms with van der Waals surface area (Å²) in [5, 5.41) is 17.7. The monoisotopic (exact) mass is 535 g/mol. The Labute approximate surface area is 231 Å². The first kappa shape index (κ1) is 25.4. The maximum absolute atomic E-state index is 12.7. The SMILES string of the molecule is Cc1cc2c(-c3ccc(-c4onc(C)c4NC(=O)OC(C)c4ccccc4)cc3)ccc(C3(C(=O)O)CC3)c2[nH]1. The third-order valence-electron chi connectivity index (χ3n) is 7.70. The van der Waals surface area contributed by atoms with Crippen molar-refractivity contribution in [1.29, 1.82) is 0 Å². The van der Waals surface area contributed by atoms with Crippen molar-refractivity contribution in [2.45, 2.75) is 45.1 Å². The maximum atomic E-state index is 12.7. The van der Waals surface area contributed by atoms with Gasteiger partial charge in [-0.2, -0.15) is 0 Å². The van der Waals surface area contributed by atoms with Crippen LogP contribution >= 0.6 is 0 Å². The van der Waals surface area contributed by atoms with E-state index in [-0.39, 0.29) is 0 Å². The highest BCUT2D eigenvalue weighted by Crippen LogP contribution is 2.51. The number of aryl methyl sites for hydroxylation is 2. The zero-order valence-electron chi connectivity index (χ0n) is 22.4. The fourth-order valence-corrected chi connectivity index (χ4v) is 5.33. The quantitative estimate of drug-likeness (QED) is 0.198. The highest BCUT2D eigenvalue weighted by atomic mass is 16.6. The van der Waals surface area contributed by atoms with E-state index in [0.29, 0.717) is 30.0 Å². The van der Waals surface area contributed by atoms with Crippen molar-refractivity contribution >= 4 is 28.7 Å². The molecule has 8 heteroatoms. The number of amides is 1. The fourth-order valence-electron chi connectivity index (χ4n) is 5.33. The number of carboxylic acid groups (broad SMARTS) is 1. The molecule has 1 unspecified atom stereocenters. The molecule has 3 N–H and O–H groups in total. The number of benzene rings is 3. The number of aromatic nitrogens is 2. The van der Waals surface area contributed by atoms with Crippen LogP contribution in [0.3, 0.4) is 0 Å². The van der Waals surface area contributed by atoms with Gasteiger partial charge in [0.2, 0.25) is 0 Å². The number of carbonyl (C=O) groups is 2. The normalized spacial score (nSPS) is 14.6. The number of ether oxygens (including phenoxy) is 1. The van der Waals surface area contributed by atoms with Crippen molar-refractivity contribution < 1.29 is 24.0 Å². The number of hydrogen-bond acceptors (Lipinski definition) is 5. The number of rotatable bonds is 7. The van der Waals surface area contributed by atoms with E-state index in [1.54, 1.807) is 6.92 Å². The van der Waals surface area contributed by atoms with Crippen LogP contribution in [0, 0.1) is 13.8 Å². The number of anilines is 1. The first-order valence-corrected chi connectivity index (χ1v) is 13.2. The molecule has 0 spiro atoms. The number of aliphatic carboxylic acids is 1. The van der Waals surface area contributed by atoms with Crippen LogP contribution < -0.4 is 5.32 Å². The van der Waals surface area contributed by atoms with Gasteiger partial charge in [0.15, 0.2) is 5.76 Å². The van der Waals surface area contributed by atoms with E-state index in [9.17, 15) is 14.7 Å². The zero-order chi connectivity index (χ0) is 28.0. The molecule has 0 bridgehead atoms. The van der Waals surface area contributed by atoms with E-state index < -0.39 is 23.6 Å². The van der Waals surface area contributed by atoms with Crippen LogP contribution in [0.25, 0.3) is 33.4 Å². The Balaban J connectivity index is 1.26. The predicted octanol–water partition coefficient (Wildman–Crippen LogP) is 7.53. The summed E-state index contributed by atoms with van der Waals surface area (Å²) in [7, 11) is 0. The van der Waals surface area contributed by atoms with E-state index in [1.165, 1.54) is 0 Å². The predicted molar refractivity (Wildman–Crippen MR) is 152 cm³/mol. The van der Waals surface area contributed by atoms with Crippen molar-refractivity contribution in [3.63, 3.8) is 0 Å². The molecule has 0 saturated heterocycles. The van der Waals surface area contributed by atoms with Crippen LogP contribution in [-0.2, 0) is 14.9 Å². The molecule has 5 aromatic rings. The Hall–Kier alpha value is -4.85. The third-order valence-corrected chi connectivity index (χ3v) is 7.70. The number of carbonyl (C=O) groups excluding carboxylic acids is 1. The van der Waals surface area contributed by atoms with E-state index in [2.05, 4.69) is 21.5 Å². The second-order valence-electron chi connectivity index (χ2n) is 10.4. The molecule has 1 saturated carbocycles. The van der Waals surface area contributed by atoms with Crippen molar-refractivity contribution in [3.05, 3.63) is 95.3 Å². The minimum Gasteiger partial charge on any atom is -0.481 e. The topological polar surface area (TPSA) is 117 Å². The van der Waals surface area contributed by atoms with Crippen LogP contribution in [0.5, 0.6) is 0 Å². The van der Waals surface area contributed by atoms with Crippen LogP contribution in [-0.4, -0.2) is 27.3 Å². The average molecular weight is 536 g/mol. The second kappa shape index (κ2) is 9.72. The lowest BCUT2D eigenvalue weighted by Gasteiger charge is -2.15. The lowest BCUT2D eigenvalue weighted by Crippen LogP contribution is -2.19. The number of carboxylic acids is 1. The number of hydrogen-bond donors (Lipinski definition) is 3. The summed E-state index contributed by atoms with van der Waals surface area (Å²) < 4.78 is 11.2. The van der Waals surface area contributed by atoms with Gasteiger partial charge in [0.25, 0.3) is 0 Å². The summed E-state index contributed by atoms with van der Waals surface area (Å²) >= 11 is 0. The first-order valence-electron chi connectivity index (χ1n) is 13.2. The molecular weight excluding hydrogens is 506 g/mol. The summed E-state index contributed by atoms with van der Waals surface area (Å²) in [4.78, 5) is 28.1. The number of nitrogens with zero attached hydrogens (tertiary/aromatic N) is 1. The average Bonchev–Trinajstić information content (AvgIpc) is 3.56. The number of aromatic amines is 1. The Morgan fingerprint density at radius 2 is 1.73 bits per heavy atom. The molecule has 1 fully saturated rings. The highest BCUT2D eigenvalue weighted by molar-refractivity contribution is 6.01. The largest absolute Gasteiger partial charge is 0.481 e. The van der Waals surface area contributed by atoms with Crippen molar-refractivity contribution in [1.82, 2.24) is 10.1 Å². The Kier molecular flexibility index (Phi) is 6.18. The van der Waals surface area contributed by atoms with Crippen molar-refractivity contribution in [2.75, 3.05) is 5.32 Å². The molecule has 0 aliphatic heterocycles. The molecule has 1 atom stereocenters. The number of nitrogens with one attached hydrogen (secondary N) is 2. The van der Waals surface area contributed by atoms with Gasteiger partial charge in [-0.15, -0.1) is 0 Å². The fraction of sp³-hybridized carbons (Fsp3) is 0.219. The van der Waals surface area contributed by atoms with Crippen molar-refractivity contribution in [3.8, 4) is 22.5 Å². The third kappa shape index (κ3) is 4.41. The molecule has 0 radical (unpaired) electrons. The number of H-pyrrole nitrogens is 1. The molecule has 202 valence electrons. The number of fused-ring (bicyclic) bond motifs is 1. The minimum absolute atomic E-state index is 0.422.